The van der Waals surface area contributed by atoms with Gasteiger partial charge in [0.05, 0.1) is 5.69 Å². The quantitative estimate of drug-likeness (QED) is 0.272. The molecule has 0 fully saturated rings. The Morgan fingerprint density at radius 1 is 0.963 bits per heavy atom. The first-order chi connectivity index (χ1) is 13.1. The molecule has 0 radical (unpaired) electrons. The topological polar surface area (TPSA) is 38.5 Å². The Labute approximate surface area is 160 Å². The number of carbonyl (C=O) groups excluding carboxylic acids is 2. The van der Waals surface area contributed by atoms with Crippen LogP contribution in [0.2, 0.25) is 0 Å². The molecule has 3 aromatic rings. The lowest BCUT2D eigenvalue weighted by Gasteiger charge is -2.10. The lowest BCUT2D eigenvalue weighted by Crippen LogP contribution is -2.10. The van der Waals surface area contributed by atoms with Crippen molar-refractivity contribution in [3.63, 3.8) is 0 Å². The minimum Gasteiger partial charge on any atom is -0.314 e. The van der Waals surface area contributed by atoms with Gasteiger partial charge in [-0.05, 0) is 37.1 Å². The fourth-order valence-electron chi connectivity index (χ4n) is 3.26. The second-order valence-corrected chi connectivity index (χ2v) is 6.93. The highest BCUT2D eigenvalue weighted by atomic mass is 16.1. The Kier molecular flexibility index (Phi) is 6.02. The van der Waals surface area contributed by atoms with Crippen LogP contribution < -0.4 is 0 Å². The predicted octanol–water partition coefficient (Wildman–Crippen LogP) is 5.88. The molecule has 0 aliphatic rings. The highest BCUT2D eigenvalue weighted by Crippen LogP contribution is 2.20. The van der Waals surface area contributed by atoms with Crippen molar-refractivity contribution in [3.05, 3.63) is 89.8 Å². The van der Waals surface area contributed by atoms with Gasteiger partial charge in [-0.25, -0.2) is 0 Å². The maximum atomic E-state index is 13.0. The summed E-state index contributed by atoms with van der Waals surface area (Å²) in [5, 5.41) is 0. The lowest BCUT2D eigenvalue weighted by atomic mass is 9.98. The van der Waals surface area contributed by atoms with Crippen LogP contribution in [-0.2, 0) is 0 Å². The van der Waals surface area contributed by atoms with E-state index in [1.165, 1.54) is 0 Å². The number of hydrogen-bond acceptors (Lipinski definition) is 2. The van der Waals surface area contributed by atoms with Gasteiger partial charge in [0.25, 0.3) is 0 Å². The molecule has 0 N–H and O–H groups in total. The highest BCUT2D eigenvalue weighted by molar-refractivity contribution is 6.10. The fraction of sp³-hybridized carbons (Fsp3) is 0.250. The molecular weight excluding hydrogens is 334 g/mol. The largest absolute Gasteiger partial charge is 0.314 e. The summed E-state index contributed by atoms with van der Waals surface area (Å²) in [4.78, 5) is 25.8. The Bertz CT molecular complexity index is 966. The zero-order valence-electron chi connectivity index (χ0n) is 15.8. The van der Waals surface area contributed by atoms with E-state index in [0.717, 1.165) is 36.8 Å². The van der Waals surface area contributed by atoms with Gasteiger partial charge >= 0.3 is 0 Å². The molecule has 0 saturated carbocycles. The van der Waals surface area contributed by atoms with Gasteiger partial charge in [0, 0.05) is 29.3 Å². The zero-order chi connectivity index (χ0) is 19.2. The summed E-state index contributed by atoms with van der Waals surface area (Å²) in [6, 6.07) is 16.5. The van der Waals surface area contributed by atoms with Crippen molar-refractivity contribution in [2.24, 2.45) is 0 Å². The van der Waals surface area contributed by atoms with E-state index in [2.05, 4.69) is 13.5 Å². The summed E-state index contributed by atoms with van der Waals surface area (Å²) >= 11 is 0. The molecule has 2 aromatic heterocycles. The molecule has 2 heterocycles. The molecule has 0 unspecified atom stereocenters. The molecule has 0 atom stereocenters. The maximum absolute atomic E-state index is 13.0. The molecule has 0 amide bonds. The number of allylic oxidation sites excluding steroid dienone is 1. The molecule has 0 saturated heterocycles. The fourth-order valence-corrected chi connectivity index (χ4v) is 3.26. The molecule has 3 rings (SSSR count). The first-order valence-electron chi connectivity index (χ1n) is 9.51. The Morgan fingerprint density at radius 2 is 1.74 bits per heavy atom. The number of hydrogen-bond donors (Lipinski definition) is 0. The summed E-state index contributed by atoms with van der Waals surface area (Å²) in [6.45, 7) is 6.22. The number of fused-ring (bicyclic) bond motifs is 1. The second kappa shape index (κ2) is 8.63. The van der Waals surface area contributed by atoms with Gasteiger partial charge in [0.2, 0.25) is 5.78 Å². The van der Waals surface area contributed by atoms with Crippen molar-refractivity contribution in [3.8, 4) is 0 Å². The Balaban J connectivity index is 1.88. The number of carbonyl (C=O) groups is 2. The van der Waals surface area contributed by atoms with Crippen LogP contribution >= 0.6 is 0 Å². The van der Waals surface area contributed by atoms with Crippen molar-refractivity contribution in [2.75, 3.05) is 0 Å². The SMILES string of the molecule is C=C(CCCCC)CC(=O)c1cc(C(=O)c2ccccc2)n2cccc2c1. The monoisotopic (exact) mass is 359 g/mol. The van der Waals surface area contributed by atoms with E-state index in [9.17, 15) is 9.59 Å². The van der Waals surface area contributed by atoms with Crippen molar-refractivity contribution in [1.29, 1.82) is 0 Å². The van der Waals surface area contributed by atoms with Gasteiger partial charge in [0.15, 0.2) is 5.78 Å². The van der Waals surface area contributed by atoms with Crippen LogP contribution in [0.15, 0.2) is 72.9 Å². The molecule has 0 aliphatic heterocycles. The predicted molar refractivity (Wildman–Crippen MR) is 110 cm³/mol. The van der Waals surface area contributed by atoms with E-state index >= 15 is 0 Å². The third-order valence-corrected chi connectivity index (χ3v) is 4.77. The first kappa shape index (κ1) is 18.8. The number of nitrogens with zero attached hydrogens (tertiary/aromatic N) is 1. The van der Waals surface area contributed by atoms with Gasteiger partial charge in [-0.15, -0.1) is 0 Å². The zero-order valence-corrected chi connectivity index (χ0v) is 15.8. The summed E-state index contributed by atoms with van der Waals surface area (Å²) in [6.07, 6.45) is 6.43. The number of benzene rings is 1. The highest BCUT2D eigenvalue weighted by Gasteiger charge is 2.17. The molecule has 3 nitrogen and oxygen atoms in total. The maximum Gasteiger partial charge on any atom is 0.209 e. The van der Waals surface area contributed by atoms with Gasteiger partial charge in [-0.3, -0.25) is 9.59 Å². The van der Waals surface area contributed by atoms with Crippen molar-refractivity contribution in [1.82, 2.24) is 4.40 Å². The molecular formula is C24H25NO2. The Hall–Kier alpha value is -2.94. The summed E-state index contributed by atoms with van der Waals surface area (Å²) in [5.41, 5.74) is 3.48. The van der Waals surface area contributed by atoms with Crippen molar-refractivity contribution >= 4 is 17.1 Å². The van der Waals surface area contributed by atoms with Crippen LogP contribution in [0.1, 0.15) is 65.4 Å². The van der Waals surface area contributed by atoms with E-state index in [0.29, 0.717) is 23.2 Å². The second-order valence-electron chi connectivity index (χ2n) is 6.93. The molecule has 3 heteroatoms. The summed E-state index contributed by atoms with van der Waals surface area (Å²) in [7, 11) is 0. The Morgan fingerprint density at radius 3 is 2.48 bits per heavy atom. The number of pyridine rings is 1. The summed E-state index contributed by atoms with van der Waals surface area (Å²) in [5.74, 6) is -0.0736. The number of Topliss-reactive ketones (excluding diaryl/α,β-unsaturated/α-hetero) is 1. The van der Waals surface area contributed by atoms with Crippen LogP contribution in [0.25, 0.3) is 5.52 Å². The number of rotatable bonds is 9. The lowest BCUT2D eigenvalue weighted by molar-refractivity contribution is 0.0992. The van der Waals surface area contributed by atoms with Crippen LogP contribution in [-0.4, -0.2) is 16.0 Å². The third-order valence-electron chi connectivity index (χ3n) is 4.77. The smallest absolute Gasteiger partial charge is 0.209 e. The van der Waals surface area contributed by atoms with E-state index in [4.69, 9.17) is 0 Å². The molecule has 0 aliphatic carbocycles. The number of unbranched alkanes of at least 4 members (excludes halogenated alkanes) is 2. The van der Waals surface area contributed by atoms with Crippen molar-refractivity contribution < 1.29 is 9.59 Å². The van der Waals surface area contributed by atoms with E-state index in [1.807, 2.05) is 47.0 Å². The van der Waals surface area contributed by atoms with Crippen LogP contribution in [0.4, 0.5) is 0 Å². The van der Waals surface area contributed by atoms with Gasteiger partial charge < -0.3 is 4.40 Å². The van der Waals surface area contributed by atoms with Gasteiger partial charge in [-0.1, -0.05) is 62.2 Å². The van der Waals surface area contributed by atoms with Gasteiger partial charge in [0.1, 0.15) is 0 Å². The van der Waals surface area contributed by atoms with Crippen molar-refractivity contribution in [2.45, 2.75) is 39.0 Å². The normalized spacial score (nSPS) is 10.9. The van der Waals surface area contributed by atoms with E-state index in [-0.39, 0.29) is 11.6 Å². The standard InChI is InChI=1S/C24H25NO2/c1-3-4-6-10-18(2)15-23(26)20-16-21-13-9-14-25(21)22(17-20)24(27)19-11-7-5-8-12-19/h5,7-9,11-14,16-17H,2-4,6,10,15H2,1H3. The average Bonchev–Trinajstić information content (AvgIpc) is 3.16. The molecule has 0 bridgehead atoms. The van der Waals surface area contributed by atoms with E-state index in [1.54, 1.807) is 18.2 Å². The average molecular weight is 359 g/mol. The van der Waals surface area contributed by atoms with Crippen LogP contribution in [0.3, 0.4) is 0 Å². The van der Waals surface area contributed by atoms with Gasteiger partial charge in [-0.2, -0.15) is 0 Å². The molecule has 27 heavy (non-hydrogen) atoms. The minimum absolute atomic E-state index is 0.0160. The molecule has 138 valence electrons. The number of ketones is 2. The molecule has 0 spiro atoms. The van der Waals surface area contributed by atoms with Crippen LogP contribution in [0, 0.1) is 0 Å². The minimum atomic E-state index is -0.0896. The summed E-state index contributed by atoms with van der Waals surface area (Å²) < 4.78 is 1.84. The third kappa shape index (κ3) is 4.43. The number of aromatic nitrogens is 1. The van der Waals surface area contributed by atoms with E-state index < -0.39 is 0 Å². The first-order valence-corrected chi connectivity index (χ1v) is 9.51. The van der Waals surface area contributed by atoms with Crippen LogP contribution in [0.5, 0.6) is 0 Å². The molecule has 1 aromatic carbocycles.